The van der Waals surface area contributed by atoms with Gasteiger partial charge in [0.25, 0.3) is 0 Å². The number of halogens is 1. The molecule has 1 saturated heterocycles. The predicted molar refractivity (Wildman–Crippen MR) is 116 cm³/mol. The van der Waals surface area contributed by atoms with E-state index in [1.54, 1.807) is 11.8 Å². The molecule has 1 fully saturated rings. The molecule has 0 saturated carbocycles. The molecular weight excluding hydrogens is 430 g/mol. The van der Waals surface area contributed by atoms with Crippen LogP contribution in [0, 0.1) is 26.2 Å². The molecule has 0 unspecified atom stereocenters. The number of rotatable bonds is 5. The minimum absolute atomic E-state index is 0.267. The summed E-state index contributed by atoms with van der Waals surface area (Å²) in [7, 11) is 1.71. The van der Waals surface area contributed by atoms with Crippen LogP contribution in [0.2, 0.25) is 0 Å². The zero-order chi connectivity index (χ0) is 20.4. The fraction of sp³-hybridized carbons (Fsp3) is 0.364. The van der Waals surface area contributed by atoms with E-state index in [0.717, 1.165) is 46.7 Å². The third-order valence-corrected chi connectivity index (χ3v) is 6.39. The molecule has 1 N–H and O–H groups in total. The number of aromatic nitrogens is 4. The van der Waals surface area contributed by atoms with E-state index >= 15 is 0 Å². The highest BCUT2D eigenvalue weighted by molar-refractivity contribution is 9.10. The molecule has 4 rings (SSSR count). The molecular formula is C22H25BrN5O. The van der Waals surface area contributed by atoms with Gasteiger partial charge >= 0.3 is 0 Å². The lowest BCUT2D eigenvalue weighted by molar-refractivity contribution is 0.319. The zero-order valence-electron chi connectivity index (χ0n) is 16.9. The van der Waals surface area contributed by atoms with Gasteiger partial charge in [-0.1, -0.05) is 28.1 Å². The lowest BCUT2D eigenvalue weighted by atomic mass is 9.81. The molecule has 151 valence electrons. The van der Waals surface area contributed by atoms with Crippen molar-refractivity contribution in [3.63, 3.8) is 0 Å². The molecule has 7 heteroatoms. The Balaban J connectivity index is 1.65. The molecule has 1 radical (unpaired) electrons. The van der Waals surface area contributed by atoms with Gasteiger partial charge < -0.3 is 10.1 Å². The number of aryl methyl sites for hydroxylation is 2. The average Bonchev–Trinajstić information content (AvgIpc) is 3.16. The van der Waals surface area contributed by atoms with E-state index < -0.39 is 0 Å². The fourth-order valence-electron chi connectivity index (χ4n) is 3.95. The van der Waals surface area contributed by atoms with Crippen LogP contribution in [0.25, 0.3) is 5.69 Å². The van der Waals surface area contributed by atoms with Crippen molar-refractivity contribution in [2.24, 2.45) is 5.92 Å². The summed E-state index contributed by atoms with van der Waals surface area (Å²) < 4.78 is 8.53. The Hall–Kier alpha value is -2.25. The standard InChI is InChI=1S/C22H25BrN5O/c1-14-6-7-17(13-20(14)23)22-16(5-4-10-24-22)11-18-12-19(8-9-21(18)29-3)28-15(2)25-26-27-28/h6-9,11-13,16,22,24H,4-5,10H2,1-3H3/t16-,22-/m0/s1. The van der Waals surface area contributed by atoms with Gasteiger partial charge in [0.1, 0.15) is 5.75 Å². The third kappa shape index (κ3) is 4.21. The number of nitrogens with one attached hydrogen (secondary N) is 1. The first kappa shape index (κ1) is 20.0. The molecule has 2 aromatic carbocycles. The molecule has 3 aromatic rings. The van der Waals surface area contributed by atoms with Crippen LogP contribution >= 0.6 is 15.9 Å². The largest absolute Gasteiger partial charge is 0.496 e. The quantitative estimate of drug-likeness (QED) is 0.620. The summed E-state index contributed by atoms with van der Waals surface area (Å²) in [6.45, 7) is 5.04. The number of benzene rings is 2. The van der Waals surface area contributed by atoms with Crippen molar-refractivity contribution in [2.45, 2.75) is 32.7 Å². The van der Waals surface area contributed by atoms with E-state index in [0.29, 0.717) is 5.92 Å². The van der Waals surface area contributed by atoms with Crippen molar-refractivity contribution >= 4 is 15.9 Å². The second-order valence-corrected chi connectivity index (χ2v) is 8.33. The average molecular weight is 455 g/mol. The topological polar surface area (TPSA) is 64.9 Å². The molecule has 0 aliphatic carbocycles. The highest BCUT2D eigenvalue weighted by Gasteiger charge is 2.28. The van der Waals surface area contributed by atoms with Crippen LogP contribution < -0.4 is 10.1 Å². The van der Waals surface area contributed by atoms with Gasteiger partial charge in [-0.2, -0.15) is 4.68 Å². The summed E-state index contributed by atoms with van der Waals surface area (Å²) in [4.78, 5) is 0. The maximum absolute atomic E-state index is 5.65. The van der Waals surface area contributed by atoms with Gasteiger partial charge in [-0.25, -0.2) is 0 Å². The lowest BCUT2D eigenvalue weighted by Gasteiger charge is -2.33. The highest BCUT2D eigenvalue weighted by Crippen LogP contribution is 2.37. The summed E-state index contributed by atoms with van der Waals surface area (Å²) >= 11 is 3.68. The maximum atomic E-state index is 5.65. The first-order valence-corrected chi connectivity index (χ1v) is 10.6. The molecule has 0 amide bonds. The summed E-state index contributed by atoms with van der Waals surface area (Å²) in [6, 6.07) is 13.0. The van der Waals surface area contributed by atoms with Crippen LogP contribution in [0.3, 0.4) is 0 Å². The van der Waals surface area contributed by atoms with Crippen LogP contribution in [-0.4, -0.2) is 33.9 Å². The Morgan fingerprint density at radius 2 is 2.07 bits per heavy atom. The number of nitrogens with zero attached hydrogens (tertiary/aromatic N) is 4. The van der Waals surface area contributed by atoms with Crippen molar-refractivity contribution in [3.8, 4) is 11.4 Å². The van der Waals surface area contributed by atoms with Crippen LogP contribution in [0.1, 0.15) is 41.4 Å². The second kappa shape index (κ2) is 8.63. The SMILES string of the molecule is COc1ccc(-n2nnnc2C)cc1[CH][C@@H]1CCCN[C@@H]1c1ccc(C)c(Br)c1. The predicted octanol–water partition coefficient (Wildman–Crippen LogP) is 4.34. The summed E-state index contributed by atoms with van der Waals surface area (Å²) in [6.07, 6.45) is 4.60. The zero-order valence-corrected chi connectivity index (χ0v) is 18.5. The minimum atomic E-state index is 0.267. The van der Waals surface area contributed by atoms with Crippen molar-refractivity contribution in [2.75, 3.05) is 13.7 Å². The normalized spacial score (nSPS) is 19.3. The first-order valence-electron chi connectivity index (χ1n) is 9.84. The number of hydrogen-bond donors (Lipinski definition) is 1. The van der Waals surface area contributed by atoms with Gasteiger partial charge in [0, 0.05) is 16.1 Å². The monoisotopic (exact) mass is 454 g/mol. The third-order valence-electron chi connectivity index (χ3n) is 5.54. The number of piperidine rings is 1. The van der Waals surface area contributed by atoms with Crippen LogP contribution in [0.4, 0.5) is 0 Å². The van der Waals surface area contributed by atoms with E-state index in [1.165, 1.54) is 11.1 Å². The lowest BCUT2D eigenvalue weighted by Crippen LogP contribution is -2.34. The van der Waals surface area contributed by atoms with Crippen molar-refractivity contribution in [1.29, 1.82) is 0 Å². The Bertz CT molecular complexity index is 1000. The van der Waals surface area contributed by atoms with Crippen molar-refractivity contribution in [1.82, 2.24) is 25.5 Å². The van der Waals surface area contributed by atoms with Gasteiger partial charge in [0.05, 0.1) is 12.8 Å². The molecule has 1 aliphatic heterocycles. The van der Waals surface area contributed by atoms with Gasteiger partial charge in [-0.05, 0) is 91.4 Å². The number of methoxy groups -OCH3 is 1. The fourth-order valence-corrected chi connectivity index (χ4v) is 4.34. The van der Waals surface area contributed by atoms with Gasteiger partial charge in [0.2, 0.25) is 0 Å². The van der Waals surface area contributed by atoms with Crippen LogP contribution in [-0.2, 0) is 0 Å². The van der Waals surface area contributed by atoms with E-state index in [-0.39, 0.29) is 6.04 Å². The molecule has 6 nitrogen and oxygen atoms in total. The van der Waals surface area contributed by atoms with Gasteiger partial charge in [-0.15, -0.1) is 5.10 Å². The smallest absolute Gasteiger partial charge is 0.153 e. The number of hydrogen-bond acceptors (Lipinski definition) is 5. The van der Waals surface area contributed by atoms with Gasteiger partial charge in [0.15, 0.2) is 5.82 Å². The van der Waals surface area contributed by atoms with Crippen molar-refractivity contribution < 1.29 is 4.74 Å². The van der Waals surface area contributed by atoms with E-state index in [2.05, 4.69) is 74.4 Å². The summed E-state index contributed by atoms with van der Waals surface area (Å²) in [5.74, 6) is 1.97. The van der Waals surface area contributed by atoms with Crippen LogP contribution in [0.15, 0.2) is 40.9 Å². The van der Waals surface area contributed by atoms with E-state index in [1.807, 2.05) is 19.1 Å². The minimum Gasteiger partial charge on any atom is -0.496 e. The molecule has 1 aromatic heterocycles. The number of ether oxygens (including phenoxy) is 1. The molecule has 2 atom stereocenters. The van der Waals surface area contributed by atoms with E-state index in [4.69, 9.17) is 4.74 Å². The van der Waals surface area contributed by atoms with Gasteiger partial charge in [-0.3, -0.25) is 0 Å². The number of tetrazole rings is 1. The Labute approximate surface area is 179 Å². The first-order chi connectivity index (χ1) is 14.1. The Morgan fingerprint density at radius 3 is 2.79 bits per heavy atom. The summed E-state index contributed by atoms with van der Waals surface area (Å²) in [5.41, 5.74) is 4.54. The summed E-state index contributed by atoms with van der Waals surface area (Å²) in [5, 5.41) is 15.6. The Morgan fingerprint density at radius 1 is 1.21 bits per heavy atom. The van der Waals surface area contributed by atoms with E-state index in [9.17, 15) is 0 Å². The highest BCUT2D eigenvalue weighted by atomic mass is 79.9. The molecule has 29 heavy (non-hydrogen) atoms. The van der Waals surface area contributed by atoms with Crippen molar-refractivity contribution in [3.05, 3.63) is 69.8 Å². The Kier molecular flexibility index (Phi) is 5.96. The molecule has 2 heterocycles. The molecule has 0 bridgehead atoms. The van der Waals surface area contributed by atoms with Crippen LogP contribution in [0.5, 0.6) is 5.75 Å². The molecule has 1 aliphatic rings. The molecule has 0 spiro atoms. The maximum Gasteiger partial charge on any atom is 0.153 e. The second-order valence-electron chi connectivity index (χ2n) is 7.48.